The molecule has 1 saturated heterocycles. The van der Waals surface area contributed by atoms with Gasteiger partial charge in [-0.25, -0.2) is 0 Å². The van der Waals surface area contributed by atoms with Crippen LogP contribution < -0.4 is 5.32 Å². The van der Waals surface area contributed by atoms with E-state index in [1.54, 1.807) is 18.2 Å². The monoisotopic (exact) mass is 287 g/mol. The van der Waals surface area contributed by atoms with E-state index < -0.39 is 0 Å². The average Bonchev–Trinajstić information content (AvgIpc) is 2.77. The maximum atomic E-state index is 11.7. The summed E-state index contributed by atoms with van der Waals surface area (Å²) in [5, 5.41) is 3.81. The zero-order valence-electron chi connectivity index (χ0n) is 9.92. The first kappa shape index (κ1) is 13.7. The largest absolute Gasteiger partial charge is 0.378 e. The van der Waals surface area contributed by atoms with Crippen molar-refractivity contribution in [2.45, 2.75) is 31.8 Å². The molecule has 1 aromatic carbocycles. The summed E-state index contributed by atoms with van der Waals surface area (Å²) in [5.41, 5.74) is 0.629. The summed E-state index contributed by atoms with van der Waals surface area (Å²) >= 11 is 11.7. The van der Waals surface area contributed by atoms with Gasteiger partial charge in [0.15, 0.2) is 0 Å². The van der Waals surface area contributed by atoms with Gasteiger partial charge in [-0.3, -0.25) is 4.79 Å². The highest BCUT2D eigenvalue weighted by Gasteiger charge is 2.16. The van der Waals surface area contributed by atoms with Gasteiger partial charge in [-0.05, 0) is 37.5 Å². The van der Waals surface area contributed by atoms with E-state index in [0.717, 1.165) is 25.9 Å². The molecular formula is C13H15Cl2NO2. The van der Waals surface area contributed by atoms with Gasteiger partial charge in [-0.2, -0.15) is 0 Å². The summed E-state index contributed by atoms with van der Waals surface area (Å²) in [5.74, 6) is -0.0381. The Morgan fingerprint density at radius 2 is 2.06 bits per heavy atom. The third-order valence-electron chi connectivity index (χ3n) is 2.86. The minimum Gasteiger partial charge on any atom is -0.378 e. The Labute approximate surface area is 116 Å². The maximum absolute atomic E-state index is 11.7. The molecule has 1 aliphatic heterocycles. The van der Waals surface area contributed by atoms with E-state index in [0.29, 0.717) is 22.2 Å². The molecule has 2 rings (SSSR count). The van der Waals surface area contributed by atoms with Gasteiger partial charge >= 0.3 is 0 Å². The topological polar surface area (TPSA) is 38.3 Å². The highest BCUT2D eigenvalue weighted by molar-refractivity contribution is 6.35. The molecule has 0 radical (unpaired) electrons. The van der Waals surface area contributed by atoms with Crippen LogP contribution in [-0.2, 0) is 9.53 Å². The van der Waals surface area contributed by atoms with Crippen LogP contribution in [0.15, 0.2) is 18.2 Å². The molecule has 1 heterocycles. The van der Waals surface area contributed by atoms with Gasteiger partial charge in [-0.15, -0.1) is 0 Å². The van der Waals surface area contributed by atoms with Crippen LogP contribution in [0.5, 0.6) is 0 Å². The number of rotatable bonds is 4. The van der Waals surface area contributed by atoms with E-state index in [9.17, 15) is 4.79 Å². The Balaban J connectivity index is 1.82. The van der Waals surface area contributed by atoms with Crippen LogP contribution in [0.25, 0.3) is 0 Å². The number of benzene rings is 1. The van der Waals surface area contributed by atoms with E-state index in [2.05, 4.69) is 5.32 Å². The number of carbonyl (C=O) groups excluding carboxylic acids is 1. The van der Waals surface area contributed by atoms with Crippen LogP contribution in [0, 0.1) is 0 Å². The van der Waals surface area contributed by atoms with E-state index in [1.807, 2.05) is 0 Å². The van der Waals surface area contributed by atoms with Crippen LogP contribution in [-0.4, -0.2) is 18.6 Å². The molecule has 3 nitrogen and oxygen atoms in total. The lowest BCUT2D eigenvalue weighted by atomic mass is 10.1. The lowest BCUT2D eigenvalue weighted by molar-refractivity contribution is -0.116. The highest BCUT2D eigenvalue weighted by atomic mass is 35.5. The van der Waals surface area contributed by atoms with Gasteiger partial charge in [0.1, 0.15) is 0 Å². The van der Waals surface area contributed by atoms with E-state index in [-0.39, 0.29) is 12.0 Å². The summed E-state index contributed by atoms with van der Waals surface area (Å²) in [7, 11) is 0. The Bertz CT molecular complexity index is 411. The molecule has 1 amide bonds. The SMILES string of the molecule is O=C(CCC1CCCO1)Nc1cc(Cl)cc(Cl)c1. The first-order chi connectivity index (χ1) is 8.63. The lowest BCUT2D eigenvalue weighted by Gasteiger charge is -2.09. The Hall–Kier alpha value is -0.770. The number of ether oxygens (including phenoxy) is 1. The second-order valence-electron chi connectivity index (χ2n) is 4.38. The fraction of sp³-hybridized carbons (Fsp3) is 0.462. The lowest BCUT2D eigenvalue weighted by Crippen LogP contribution is -2.15. The molecule has 1 aromatic rings. The summed E-state index contributed by atoms with van der Waals surface area (Å²) in [6.07, 6.45) is 3.60. The molecule has 1 N–H and O–H groups in total. The van der Waals surface area contributed by atoms with Crippen molar-refractivity contribution in [3.63, 3.8) is 0 Å². The number of anilines is 1. The van der Waals surface area contributed by atoms with Crippen LogP contribution in [0.3, 0.4) is 0 Å². The third-order valence-corrected chi connectivity index (χ3v) is 3.30. The minimum absolute atomic E-state index is 0.0381. The first-order valence-electron chi connectivity index (χ1n) is 6.01. The van der Waals surface area contributed by atoms with Gasteiger partial charge < -0.3 is 10.1 Å². The fourth-order valence-corrected chi connectivity index (χ4v) is 2.54. The number of hydrogen-bond acceptors (Lipinski definition) is 2. The molecular weight excluding hydrogens is 273 g/mol. The summed E-state index contributed by atoms with van der Waals surface area (Å²) in [6, 6.07) is 4.99. The molecule has 0 bridgehead atoms. The Morgan fingerprint density at radius 3 is 2.67 bits per heavy atom. The van der Waals surface area contributed by atoms with Crippen molar-refractivity contribution in [3.05, 3.63) is 28.2 Å². The van der Waals surface area contributed by atoms with E-state index >= 15 is 0 Å². The predicted molar refractivity (Wildman–Crippen MR) is 73.3 cm³/mol. The minimum atomic E-state index is -0.0381. The molecule has 0 aliphatic carbocycles. The van der Waals surface area contributed by atoms with Crippen LogP contribution in [0.4, 0.5) is 5.69 Å². The molecule has 0 saturated carbocycles. The fourth-order valence-electron chi connectivity index (χ4n) is 2.01. The molecule has 5 heteroatoms. The molecule has 98 valence electrons. The van der Waals surface area contributed by atoms with Gasteiger partial charge in [0.2, 0.25) is 5.91 Å². The molecule has 18 heavy (non-hydrogen) atoms. The number of amides is 1. The van der Waals surface area contributed by atoms with E-state index in [1.165, 1.54) is 0 Å². The zero-order chi connectivity index (χ0) is 13.0. The number of halogens is 2. The van der Waals surface area contributed by atoms with Crippen LogP contribution in [0.1, 0.15) is 25.7 Å². The van der Waals surface area contributed by atoms with Gasteiger partial charge in [0.25, 0.3) is 0 Å². The van der Waals surface area contributed by atoms with Crippen molar-refractivity contribution < 1.29 is 9.53 Å². The number of carbonyl (C=O) groups is 1. The Morgan fingerprint density at radius 1 is 1.33 bits per heavy atom. The standard InChI is InChI=1S/C13H15Cl2NO2/c14-9-6-10(15)8-11(7-9)16-13(17)4-3-12-2-1-5-18-12/h6-8,12H,1-5H2,(H,16,17). The Kier molecular flexibility index (Phi) is 4.87. The van der Waals surface area contributed by atoms with Gasteiger partial charge in [-0.1, -0.05) is 23.2 Å². The molecule has 1 fully saturated rings. The maximum Gasteiger partial charge on any atom is 0.224 e. The molecule has 0 aromatic heterocycles. The molecule has 1 aliphatic rings. The van der Waals surface area contributed by atoms with Crippen molar-refractivity contribution in [2.24, 2.45) is 0 Å². The third kappa shape index (κ3) is 4.16. The average molecular weight is 288 g/mol. The van der Waals surface area contributed by atoms with Crippen LogP contribution >= 0.6 is 23.2 Å². The van der Waals surface area contributed by atoms with Crippen molar-refractivity contribution in [2.75, 3.05) is 11.9 Å². The second-order valence-corrected chi connectivity index (χ2v) is 5.25. The first-order valence-corrected chi connectivity index (χ1v) is 6.76. The van der Waals surface area contributed by atoms with E-state index in [4.69, 9.17) is 27.9 Å². The smallest absolute Gasteiger partial charge is 0.224 e. The van der Waals surface area contributed by atoms with Gasteiger partial charge in [0.05, 0.1) is 6.10 Å². The summed E-state index contributed by atoms with van der Waals surface area (Å²) in [6.45, 7) is 0.816. The van der Waals surface area contributed by atoms with Crippen molar-refractivity contribution in [1.29, 1.82) is 0 Å². The van der Waals surface area contributed by atoms with Crippen molar-refractivity contribution in [1.82, 2.24) is 0 Å². The zero-order valence-corrected chi connectivity index (χ0v) is 11.4. The summed E-state index contributed by atoms with van der Waals surface area (Å²) < 4.78 is 5.47. The second kappa shape index (κ2) is 6.41. The molecule has 0 spiro atoms. The summed E-state index contributed by atoms with van der Waals surface area (Å²) in [4.78, 5) is 11.7. The highest BCUT2D eigenvalue weighted by Crippen LogP contribution is 2.23. The predicted octanol–water partition coefficient (Wildman–Crippen LogP) is 3.89. The van der Waals surface area contributed by atoms with Crippen molar-refractivity contribution >= 4 is 34.8 Å². The van der Waals surface area contributed by atoms with Crippen LogP contribution in [0.2, 0.25) is 10.0 Å². The van der Waals surface area contributed by atoms with Crippen molar-refractivity contribution in [3.8, 4) is 0 Å². The molecule has 1 atom stereocenters. The van der Waals surface area contributed by atoms with Gasteiger partial charge in [0, 0.05) is 28.8 Å². The number of nitrogens with one attached hydrogen (secondary N) is 1. The number of hydrogen-bond donors (Lipinski definition) is 1. The molecule has 1 unspecified atom stereocenters. The quantitative estimate of drug-likeness (QED) is 0.912. The normalized spacial score (nSPS) is 18.9.